The average molecular weight is 413 g/mol. The van der Waals surface area contributed by atoms with Crippen LogP contribution < -0.4 is 0 Å². The number of hydrogen-bond acceptors (Lipinski definition) is 3. The van der Waals surface area contributed by atoms with Gasteiger partial charge in [0.05, 0.1) is 14.9 Å². The molecule has 5 nitrogen and oxygen atoms in total. The minimum atomic E-state index is -3.67. The minimum absolute atomic E-state index is 0.0831. The summed E-state index contributed by atoms with van der Waals surface area (Å²) in [5.74, 6) is -0.0831. The van der Waals surface area contributed by atoms with Gasteiger partial charge in [0, 0.05) is 31.7 Å². The molecule has 1 heterocycles. The van der Waals surface area contributed by atoms with E-state index in [0.29, 0.717) is 23.7 Å². The zero-order valence-electron chi connectivity index (χ0n) is 14.2. The summed E-state index contributed by atoms with van der Waals surface area (Å²) in [5.41, 5.74) is 1.63. The second kappa shape index (κ2) is 7.56. The molecular weight excluding hydrogens is 395 g/mol. The standard InChI is InChI=1S/C18H18Cl2N2O3S/c1-13-3-2-4-14(11-13)18(23)21-7-9-22(10-8-21)26(24,25)15-5-6-16(19)17(20)12-15/h2-6,11-12H,7-10H2,1H3. The Morgan fingerprint density at radius 1 is 0.962 bits per heavy atom. The van der Waals surface area contributed by atoms with Crippen LogP contribution in [0.2, 0.25) is 10.0 Å². The lowest BCUT2D eigenvalue weighted by atomic mass is 10.1. The fraction of sp³-hybridized carbons (Fsp3) is 0.278. The zero-order valence-corrected chi connectivity index (χ0v) is 16.5. The summed E-state index contributed by atoms with van der Waals surface area (Å²) in [6, 6.07) is 11.6. The first-order valence-corrected chi connectivity index (χ1v) is 10.3. The molecule has 1 amide bonds. The topological polar surface area (TPSA) is 57.7 Å². The highest BCUT2D eigenvalue weighted by Crippen LogP contribution is 2.27. The number of hydrogen-bond donors (Lipinski definition) is 0. The number of amides is 1. The molecule has 26 heavy (non-hydrogen) atoms. The molecule has 1 fully saturated rings. The molecular formula is C18H18Cl2N2O3S. The predicted molar refractivity (Wildman–Crippen MR) is 102 cm³/mol. The average Bonchev–Trinajstić information content (AvgIpc) is 2.63. The summed E-state index contributed by atoms with van der Waals surface area (Å²) < 4.78 is 26.9. The van der Waals surface area contributed by atoms with Gasteiger partial charge in [0.2, 0.25) is 10.0 Å². The van der Waals surface area contributed by atoms with E-state index in [9.17, 15) is 13.2 Å². The van der Waals surface area contributed by atoms with Gasteiger partial charge in [-0.15, -0.1) is 0 Å². The van der Waals surface area contributed by atoms with E-state index in [1.807, 2.05) is 25.1 Å². The number of carbonyl (C=O) groups is 1. The Morgan fingerprint density at radius 3 is 2.27 bits per heavy atom. The number of halogens is 2. The van der Waals surface area contributed by atoms with Crippen LogP contribution in [0.3, 0.4) is 0 Å². The molecule has 0 N–H and O–H groups in total. The largest absolute Gasteiger partial charge is 0.336 e. The van der Waals surface area contributed by atoms with Crippen LogP contribution in [-0.2, 0) is 10.0 Å². The van der Waals surface area contributed by atoms with Crippen LogP contribution in [0.5, 0.6) is 0 Å². The number of sulfonamides is 1. The highest BCUT2D eigenvalue weighted by atomic mass is 35.5. The predicted octanol–water partition coefficient (Wildman–Crippen LogP) is 3.45. The quantitative estimate of drug-likeness (QED) is 0.775. The van der Waals surface area contributed by atoms with E-state index in [1.165, 1.54) is 22.5 Å². The van der Waals surface area contributed by atoms with Crippen molar-refractivity contribution in [1.82, 2.24) is 9.21 Å². The first kappa shape index (κ1) is 19.2. The minimum Gasteiger partial charge on any atom is -0.336 e. The monoisotopic (exact) mass is 412 g/mol. The van der Waals surface area contributed by atoms with E-state index in [2.05, 4.69) is 0 Å². The Morgan fingerprint density at radius 2 is 1.65 bits per heavy atom. The van der Waals surface area contributed by atoms with Gasteiger partial charge in [0.1, 0.15) is 0 Å². The third kappa shape index (κ3) is 3.88. The van der Waals surface area contributed by atoms with Crippen molar-refractivity contribution < 1.29 is 13.2 Å². The van der Waals surface area contributed by atoms with Crippen LogP contribution >= 0.6 is 23.2 Å². The maximum absolute atomic E-state index is 12.8. The molecule has 0 aliphatic carbocycles. The van der Waals surface area contributed by atoms with Gasteiger partial charge in [0.15, 0.2) is 0 Å². The molecule has 0 unspecified atom stereocenters. The number of aryl methyl sites for hydroxylation is 1. The van der Waals surface area contributed by atoms with Crippen LogP contribution in [0.1, 0.15) is 15.9 Å². The van der Waals surface area contributed by atoms with Gasteiger partial charge >= 0.3 is 0 Å². The van der Waals surface area contributed by atoms with Gasteiger partial charge < -0.3 is 4.90 Å². The fourth-order valence-electron chi connectivity index (χ4n) is 2.88. The molecule has 2 aromatic carbocycles. The third-order valence-electron chi connectivity index (χ3n) is 4.32. The highest BCUT2D eigenvalue weighted by Gasteiger charge is 2.30. The van der Waals surface area contributed by atoms with Crippen molar-refractivity contribution in [2.24, 2.45) is 0 Å². The first-order chi connectivity index (χ1) is 12.3. The Bertz CT molecular complexity index is 939. The second-order valence-corrected chi connectivity index (χ2v) is 8.89. The summed E-state index contributed by atoms with van der Waals surface area (Å²) in [6.45, 7) is 3.08. The Labute approximate surface area is 163 Å². The van der Waals surface area contributed by atoms with E-state index < -0.39 is 10.0 Å². The van der Waals surface area contributed by atoms with Crippen molar-refractivity contribution in [2.75, 3.05) is 26.2 Å². The van der Waals surface area contributed by atoms with Crippen LogP contribution in [-0.4, -0.2) is 49.7 Å². The number of piperazine rings is 1. The molecule has 0 aromatic heterocycles. The summed E-state index contributed by atoms with van der Waals surface area (Å²) in [5, 5.41) is 0.500. The van der Waals surface area contributed by atoms with Crippen LogP contribution in [0.25, 0.3) is 0 Å². The maximum Gasteiger partial charge on any atom is 0.253 e. The molecule has 1 aliphatic rings. The first-order valence-electron chi connectivity index (χ1n) is 8.10. The normalized spacial score (nSPS) is 15.9. The lowest BCUT2D eigenvalue weighted by Gasteiger charge is -2.34. The molecule has 1 saturated heterocycles. The van der Waals surface area contributed by atoms with Crippen LogP contribution in [0.4, 0.5) is 0 Å². The summed E-state index contributed by atoms with van der Waals surface area (Å²) in [6.07, 6.45) is 0. The summed E-state index contributed by atoms with van der Waals surface area (Å²) >= 11 is 11.8. The van der Waals surface area contributed by atoms with Crippen LogP contribution in [0, 0.1) is 6.92 Å². The maximum atomic E-state index is 12.8. The lowest BCUT2D eigenvalue weighted by Crippen LogP contribution is -2.50. The fourth-order valence-corrected chi connectivity index (χ4v) is 4.69. The third-order valence-corrected chi connectivity index (χ3v) is 6.95. The van der Waals surface area contributed by atoms with Gasteiger partial charge in [0.25, 0.3) is 5.91 Å². The van der Waals surface area contributed by atoms with Gasteiger partial charge in [-0.1, -0.05) is 40.9 Å². The molecule has 0 spiro atoms. The van der Waals surface area contributed by atoms with E-state index in [1.54, 1.807) is 11.0 Å². The summed E-state index contributed by atoms with van der Waals surface area (Å²) in [7, 11) is -3.67. The zero-order chi connectivity index (χ0) is 18.9. The van der Waals surface area contributed by atoms with E-state index in [0.717, 1.165) is 5.56 Å². The molecule has 0 radical (unpaired) electrons. The Balaban J connectivity index is 1.71. The van der Waals surface area contributed by atoms with Gasteiger partial charge in [-0.3, -0.25) is 4.79 Å². The smallest absolute Gasteiger partial charge is 0.253 e. The van der Waals surface area contributed by atoms with E-state index in [4.69, 9.17) is 23.2 Å². The molecule has 8 heteroatoms. The molecule has 0 bridgehead atoms. The van der Waals surface area contributed by atoms with E-state index in [-0.39, 0.29) is 28.9 Å². The molecule has 2 aromatic rings. The Kier molecular flexibility index (Phi) is 5.58. The van der Waals surface area contributed by atoms with Crippen molar-refractivity contribution in [2.45, 2.75) is 11.8 Å². The van der Waals surface area contributed by atoms with E-state index >= 15 is 0 Å². The van der Waals surface area contributed by atoms with Crippen molar-refractivity contribution in [3.63, 3.8) is 0 Å². The SMILES string of the molecule is Cc1cccc(C(=O)N2CCN(S(=O)(=O)c3ccc(Cl)c(Cl)c3)CC2)c1. The number of rotatable bonds is 3. The van der Waals surface area contributed by atoms with Crippen molar-refractivity contribution in [3.05, 3.63) is 63.6 Å². The molecule has 3 rings (SSSR count). The molecule has 0 atom stereocenters. The second-order valence-electron chi connectivity index (χ2n) is 6.14. The van der Waals surface area contributed by atoms with Gasteiger partial charge in [-0.25, -0.2) is 8.42 Å². The number of nitrogens with zero attached hydrogens (tertiary/aromatic N) is 2. The molecule has 138 valence electrons. The van der Waals surface area contributed by atoms with Crippen molar-refractivity contribution in [3.8, 4) is 0 Å². The number of carbonyl (C=O) groups excluding carboxylic acids is 1. The van der Waals surface area contributed by atoms with Crippen LogP contribution in [0.15, 0.2) is 47.4 Å². The highest BCUT2D eigenvalue weighted by molar-refractivity contribution is 7.89. The summed E-state index contributed by atoms with van der Waals surface area (Å²) in [4.78, 5) is 14.4. The van der Waals surface area contributed by atoms with Crippen molar-refractivity contribution >= 4 is 39.1 Å². The van der Waals surface area contributed by atoms with Crippen molar-refractivity contribution in [1.29, 1.82) is 0 Å². The molecule has 1 aliphatic heterocycles. The molecule has 0 saturated carbocycles. The Hall–Kier alpha value is -1.60. The lowest BCUT2D eigenvalue weighted by molar-refractivity contribution is 0.0698. The number of benzene rings is 2. The van der Waals surface area contributed by atoms with Gasteiger partial charge in [-0.05, 0) is 37.3 Å². The van der Waals surface area contributed by atoms with Gasteiger partial charge in [-0.2, -0.15) is 4.31 Å².